The minimum Gasteiger partial charge on any atom is -0.496 e. The van der Waals surface area contributed by atoms with E-state index in [0.29, 0.717) is 17.1 Å². The highest BCUT2D eigenvalue weighted by Gasteiger charge is 2.10. The zero-order chi connectivity index (χ0) is 19.6. The molecule has 0 saturated carbocycles. The van der Waals surface area contributed by atoms with Crippen LogP contribution in [0.5, 0.6) is 11.5 Å². The molecule has 0 aliphatic rings. The second-order valence-electron chi connectivity index (χ2n) is 5.80. The third-order valence-corrected chi connectivity index (χ3v) is 3.34. The zero-order valence-corrected chi connectivity index (χ0v) is 15.5. The van der Waals surface area contributed by atoms with Gasteiger partial charge in [-0.25, -0.2) is 10.2 Å². The van der Waals surface area contributed by atoms with Gasteiger partial charge in [0.15, 0.2) is 6.61 Å². The van der Waals surface area contributed by atoms with E-state index < -0.39 is 5.97 Å². The van der Waals surface area contributed by atoms with Gasteiger partial charge >= 0.3 is 5.97 Å². The predicted molar refractivity (Wildman–Crippen MR) is 101 cm³/mol. The average molecular weight is 370 g/mol. The molecule has 1 N–H and O–H groups in total. The number of hydrazone groups is 1. The first-order chi connectivity index (χ1) is 13.0. The lowest BCUT2D eigenvalue weighted by Gasteiger charge is -2.09. The highest BCUT2D eigenvalue weighted by Crippen LogP contribution is 2.16. The number of hydrogen-bond acceptors (Lipinski definition) is 6. The number of nitrogens with zero attached hydrogens (tertiary/aromatic N) is 1. The number of rotatable bonds is 8. The molecule has 2 rings (SSSR count). The van der Waals surface area contributed by atoms with Gasteiger partial charge in [0.05, 0.1) is 25.0 Å². The molecule has 0 aliphatic heterocycles. The number of carbonyl (C=O) groups excluding carboxylic acids is 2. The monoisotopic (exact) mass is 370 g/mol. The van der Waals surface area contributed by atoms with E-state index in [1.165, 1.54) is 13.3 Å². The van der Waals surface area contributed by atoms with Crippen LogP contribution in [-0.2, 0) is 9.53 Å². The van der Waals surface area contributed by atoms with Crippen molar-refractivity contribution in [2.24, 2.45) is 5.10 Å². The first-order valence-electron chi connectivity index (χ1n) is 8.38. The largest absolute Gasteiger partial charge is 0.496 e. The summed E-state index contributed by atoms with van der Waals surface area (Å²) in [7, 11) is 1.50. The van der Waals surface area contributed by atoms with Gasteiger partial charge in [0.2, 0.25) is 0 Å². The van der Waals surface area contributed by atoms with E-state index >= 15 is 0 Å². The Morgan fingerprint density at radius 1 is 1.11 bits per heavy atom. The van der Waals surface area contributed by atoms with Crippen molar-refractivity contribution in [3.63, 3.8) is 0 Å². The number of esters is 1. The first-order valence-corrected chi connectivity index (χ1v) is 8.38. The van der Waals surface area contributed by atoms with Gasteiger partial charge < -0.3 is 14.2 Å². The smallest absolute Gasteiger partial charge is 0.344 e. The predicted octanol–water partition coefficient (Wildman–Crippen LogP) is 2.79. The zero-order valence-electron chi connectivity index (χ0n) is 15.5. The topological polar surface area (TPSA) is 86.2 Å². The fourth-order valence-corrected chi connectivity index (χ4v) is 2.15. The molecule has 27 heavy (non-hydrogen) atoms. The Kier molecular flexibility index (Phi) is 7.37. The highest BCUT2D eigenvalue weighted by atomic mass is 16.6. The Hall–Kier alpha value is -3.35. The standard InChI is InChI=1S/C20H22N2O5/c1-14(2)27-19(23)13-26-16-10-8-15(9-11-16)12-21-22-20(24)17-6-4-5-7-18(17)25-3/h4-12,14H,13H2,1-3H3,(H,22,24). The third kappa shape index (κ3) is 6.47. The molecule has 0 atom stereocenters. The molecule has 0 unspecified atom stereocenters. The van der Waals surface area contributed by atoms with Crippen LogP contribution in [0.3, 0.4) is 0 Å². The van der Waals surface area contributed by atoms with Crippen molar-refractivity contribution < 1.29 is 23.8 Å². The van der Waals surface area contributed by atoms with Gasteiger partial charge in [0.25, 0.3) is 5.91 Å². The van der Waals surface area contributed by atoms with Gasteiger partial charge in [0.1, 0.15) is 11.5 Å². The Morgan fingerprint density at radius 2 is 1.81 bits per heavy atom. The van der Waals surface area contributed by atoms with Crippen LogP contribution in [-0.4, -0.2) is 37.9 Å². The van der Waals surface area contributed by atoms with Crippen LogP contribution >= 0.6 is 0 Å². The molecule has 0 spiro atoms. The van der Waals surface area contributed by atoms with Crippen LogP contribution in [0.15, 0.2) is 53.6 Å². The lowest BCUT2D eigenvalue weighted by atomic mass is 10.2. The van der Waals surface area contributed by atoms with E-state index in [-0.39, 0.29) is 18.6 Å². The van der Waals surface area contributed by atoms with Gasteiger partial charge in [-0.2, -0.15) is 5.10 Å². The van der Waals surface area contributed by atoms with E-state index in [9.17, 15) is 9.59 Å². The number of hydrogen-bond donors (Lipinski definition) is 1. The van der Waals surface area contributed by atoms with Crippen molar-refractivity contribution in [2.45, 2.75) is 20.0 Å². The Morgan fingerprint density at radius 3 is 2.48 bits per heavy atom. The number of nitrogens with one attached hydrogen (secondary N) is 1. The quantitative estimate of drug-likeness (QED) is 0.439. The summed E-state index contributed by atoms with van der Waals surface area (Å²) in [6.07, 6.45) is 1.33. The summed E-state index contributed by atoms with van der Waals surface area (Å²) < 4.78 is 15.5. The normalized spacial score (nSPS) is 10.7. The van der Waals surface area contributed by atoms with Gasteiger partial charge in [-0.3, -0.25) is 4.79 Å². The first kappa shape index (κ1) is 20.0. The number of ether oxygens (including phenoxy) is 3. The molecule has 7 nitrogen and oxygen atoms in total. The van der Waals surface area contributed by atoms with E-state index in [1.807, 2.05) is 0 Å². The Bertz CT molecular complexity index is 800. The Labute approximate surface area is 157 Å². The summed E-state index contributed by atoms with van der Waals surface area (Å²) in [5.74, 6) is 0.218. The van der Waals surface area contributed by atoms with Crippen LogP contribution < -0.4 is 14.9 Å². The third-order valence-electron chi connectivity index (χ3n) is 3.34. The maximum Gasteiger partial charge on any atom is 0.344 e. The molecule has 2 aromatic carbocycles. The minimum atomic E-state index is -0.422. The van der Waals surface area contributed by atoms with Crippen LogP contribution in [0.25, 0.3) is 0 Å². The molecule has 7 heteroatoms. The molecular weight excluding hydrogens is 348 g/mol. The van der Waals surface area contributed by atoms with Crippen molar-refractivity contribution in [3.05, 3.63) is 59.7 Å². The maximum absolute atomic E-state index is 12.1. The number of benzene rings is 2. The molecule has 142 valence electrons. The molecule has 2 aromatic rings. The number of amides is 1. The van der Waals surface area contributed by atoms with Crippen LogP contribution in [0.1, 0.15) is 29.8 Å². The summed E-state index contributed by atoms with van der Waals surface area (Å²) in [6, 6.07) is 13.8. The average Bonchev–Trinajstić information content (AvgIpc) is 2.66. The molecule has 0 saturated heterocycles. The maximum atomic E-state index is 12.1. The fourth-order valence-electron chi connectivity index (χ4n) is 2.15. The number of carbonyl (C=O) groups is 2. The van der Waals surface area contributed by atoms with Crippen molar-refractivity contribution in [1.29, 1.82) is 0 Å². The lowest BCUT2D eigenvalue weighted by molar-refractivity contribution is -0.149. The minimum absolute atomic E-state index is 0.152. The van der Waals surface area contributed by atoms with Crippen molar-refractivity contribution in [2.75, 3.05) is 13.7 Å². The summed E-state index contributed by atoms with van der Waals surface area (Å²) in [6.45, 7) is 3.40. The van der Waals surface area contributed by atoms with Crippen molar-refractivity contribution >= 4 is 18.1 Å². The molecule has 0 radical (unpaired) electrons. The van der Waals surface area contributed by atoms with Crippen LogP contribution in [0.2, 0.25) is 0 Å². The second kappa shape index (κ2) is 9.96. The number of para-hydroxylation sites is 1. The van der Waals surface area contributed by atoms with Crippen molar-refractivity contribution in [1.82, 2.24) is 5.43 Å². The lowest BCUT2D eigenvalue weighted by Crippen LogP contribution is -2.18. The number of methoxy groups -OCH3 is 1. The summed E-state index contributed by atoms with van der Waals surface area (Å²) >= 11 is 0. The highest BCUT2D eigenvalue weighted by molar-refractivity contribution is 5.97. The van der Waals surface area contributed by atoms with E-state index in [1.54, 1.807) is 62.4 Å². The molecule has 0 bridgehead atoms. The molecule has 1 amide bonds. The van der Waals surface area contributed by atoms with Gasteiger partial charge in [-0.05, 0) is 55.8 Å². The molecule has 0 aromatic heterocycles. The Balaban J connectivity index is 1.87. The summed E-state index contributed by atoms with van der Waals surface area (Å²) in [5, 5.41) is 3.93. The summed E-state index contributed by atoms with van der Waals surface area (Å²) in [5.41, 5.74) is 3.61. The molecule has 0 aliphatic carbocycles. The second-order valence-corrected chi connectivity index (χ2v) is 5.80. The SMILES string of the molecule is COc1ccccc1C(=O)NN=Cc1ccc(OCC(=O)OC(C)C)cc1. The van der Waals surface area contributed by atoms with Crippen LogP contribution in [0.4, 0.5) is 0 Å². The molecule has 0 fully saturated rings. The van der Waals surface area contributed by atoms with Gasteiger partial charge in [-0.15, -0.1) is 0 Å². The van der Waals surface area contributed by atoms with E-state index in [2.05, 4.69) is 10.5 Å². The van der Waals surface area contributed by atoms with Crippen LogP contribution in [0, 0.1) is 0 Å². The van der Waals surface area contributed by atoms with Gasteiger partial charge in [-0.1, -0.05) is 12.1 Å². The van der Waals surface area contributed by atoms with E-state index in [0.717, 1.165) is 5.56 Å². The fraction of sp³-hybridized carbons (Fsp3) is 0.250. The molecule has 0 heterocycles. The van der Waals surface area contributed by atoms with E-state index in [4.69, 9.17) is 14.2 Å². The van der Waals surface area contributed by atoms with Gasteiger partial charge in [0, 0.05) is 0 Å². The summed E-state index contributed by atoms with van der Waals surface area (Å²) in [4.78, 5) is 23.6. The molecular formula is C20H22N2O5. The van der Waals surface area contributed by atoms with Crippen molar-refractivity contribution in [3.8, 4) is 11.5 Å².